The Labute approximate surface area is 255 Å². The number of ether oxygens (including phenoxy) is 1. The molecule has 12 heteroatoms. The molecule has 1 aliphatic rings. The molecular formula is C31H40N4O7S. The lowest BCUT2D eigenvalue weighted by Crippen LogP contribution is -2.48. The molecule has 3 aromatic rings. The van der Waals surface area contributed by atoms with Gasteiger partial charge < -0.3 is 29.7 Å². The molecule has 1 aliphatic heterocycles. The second-order valence-electron chi connectivity index (χ2n) is 11.3. The van der Waals surface area contributed by atoms with Crippen LogP contribution in [0.1, 0.15) is 74.6 Å². The molecule has 0 saturated carbocycles. The van der Waals surface area contributed by atoms with Gasteiger partial charge in [0.05, 0.1) is 34.5 Å². The van der Waals surface area contributed by atoms with E-state index in [1.54, 1.807) is 18.5 Å². The first kappa shape index (κ1) is 32.2. The second-order valence-corrected chi connectivity index (χ2v) is 12.2. The van der Waals surface area contributed by atoms with E-state index < -0.39 is 24.0 Å². The fraction of sp³-hybridized carbons (Fsp3) is 0.516. The van der Waals surface area contributed by atoms with Crippen molar-refractivity contribution in [3.05, 3.63) is 52.5 Å². The molecule has 3 atom stereocenters. The van der Waals surface area contributed by atoms with Crippen LogP contribution in [-0.4, -0.2) is 68.3 Å². The van der Waals surface area contributed by atoms with Gasteiger partial charge in [-0.3, -0.25) is 14.4 Å². The van der Waals surface area contributed by atoms with Gasteiger partial charge in [-0.2, -0.15) is 0 Å². The number of carbonyl (C=O) groups excluding carboxylic acids is 2. The van der Waals surface area contributed by atoms with E-state index in [0.717, 1.165) is 28.1 Å². The standard InChI is InChI=1S/C31H40N4O7S/c1-18(2)28(26-12-19(3)34-42-26)31(40)35-16-23(36)14-24(35)30(39)32-15-22-10-9-21(29-20(4)33-17-43-29)13-25(22)41-11-7-5-6-8-27(37)38/h9-10,12-13,17-18,23-24,28,36H,5-8,11,14-16H2,1-4H3,(H,32,39)(H,37,38)/t23-,24+,28?/m1/s1. The lowest BCUT2D eigenvalue weighted by atomic mass is 9.91. The summed E-state index contributed by atoms with van der Waals surface area (Å²) in [5.41, 5.74) is 5.08. The Balaban J connectivity index is 1.46. The van der Waals surface area contributed by atoms with Crippen molar-refractivity contribution in [3.63, 3.8) is 0 Å². The average molecular weight is 613 g/mol. The van der Waals surface area contributed by atoms with Gasteiger partial charge in [-0.15, -0.1) is 11.3 Å². The predicted octanol–water partition coefficient (Wildman–Crippen LogP) is 4.46. The number of benzene rings is 1. The molecule has 4 rings (SSSR count). The van der Waals surface area contributed by atoms with Crippen molar-refractivity contribution < 1.29 is 33.9 Å². The van der Waals surface area contributed by atoms with Gasteiger partial charge in [-0.05, 0) is 50.7 Å². The summed E-state index contributed by atoms with van der Waals surface area (Å²) in [4.78, 5) is 44.8. The first-order chi connectivity index (χ1) is 20.5. The molecular weight excluding hydrogens is 572 g/mol. The van der Waals surface area contributed by atoms with E-state index in [1.807, 2.05) is 39.0 Å². The molecule has 2 aromatic heterocycles. The first-order valence-corrected chi connectivity index (χ1v) is 15.5. The summed E-state index contributed by atoms with van der Waals surface area (Å²) >= 11 is 1.53. The molecule has 0 spiro atoms. The molecule has 3 N–H and O–H groups in total. The van der Waals surface area contributed by atoms with Gasteiger partial charge in [0, 0.05) is 37.6 Å². The number of rotatable bonds is 14. The molecule has 43 heavy (non-hydrogen) atoms. The van der Waals surface area contributed by atoms with Gasteiger partial charge >= 0.3 is 5.97 Å². The molecule has 1 unspecified atom stereocenters. The highest BCUT2D eigenvalue weighted by molar-refractivity contribution is 7.13. The highest BCUT2D eigenvalue weighted by Crippen LogP contribution is 2.33. The molecule has 2 amide bonds. The number of aliphatic hydroxyl groups is 1. The Bertz CT molecular complexity index is 1420. The fourth-order valence-corrected chi connectivity index (χ4v) is 6.14. The van der Waals surface area contributed by atoms with Gasteiger partial charge in [-0.25, -0.2) is 4.98 Å². The zero-order valence-corrected chi connectivity index (χ0v) is 25.9. The first-order valence-electron chi connectivity index (χ1n) is 14.6. The number of hydrogen-bond donors (Lipinski definition) is 3. The number of aliphatic carboxylic acids is 1. The van der Waals surface area contributed by atoms with E-state index in [2.05, 4.69) is 15.5 Å². The van der Waals surface area contributed by atoms with Crippen molar-refractivity contribution in [1.29, 1.82) is 0 Å². The Morgan fingerprint density at radius 1 is 1.19 bits per heavy atom. The number of carbonyl (C=O) groups is 3. The number of nitrogens with one attached hydrogen (secondary N) is 1. The van der Waals surface area contributed by atoms with Crippen LogP contribution in [-0.2, 0) is 20.9 Å². The third kappa shape index (κ3) is 8.20. The van der Waals surface area contributed by atoms with E-state index in [-0.39, 0.29) is 43.7 Å². The number of unbranched alkanes of at least 4 members (excludes halogenated alkanes) is 2. The highest BCUT2D eigenvalue weighted by atomic mass is 32.1. The Hall–Kier alpha value is -3.77. The predicted molar refractivity (Wildman–Crippen MR) is 161 cm³/mol. The summed E-state index contributed by atoms with van der Waals surface area (Å²) in [6, 6.07) is 6.70. The van der Waals surface area contributed by atoms with Crippen molar-refractivity contribution in [2.45, 2.75) is 84.4 Å². The normalized spacial score (nSPS) is 17.3. The zero-order chi connectivity index (χ0) is 31.1. The number of carboxylic acids is 1. The number of hydrogen-bond acceptors (Lipinski definition) is 9. The van der Waals surface area contributed by atoms with Gasteiger partial charge in [0.1, 0.15) is 23.5 Å². The maximum Gasteiger partial charge on any atom is 0.303 e. The minimum atomic E-state index is -0.828. The largest absolute Gasteiger partial charge is 0.493 e. The second kappa shape index (κ2) is 14.6. The number of thiazole rings is 1. The van der Waals surface area contributed by atoms with Crippen LogP contribution in [0.4, 0.5) is 0 Å². The van der Waals surface area contributed by atoms with Crippen LogP contribution in [0, 0.1) is 19.8 Å². The number of aromatic nitrogens is 2. The summed E-state index contributed by atoms with van der Waals surface area (Å²) in [6.45, 7) is 8.18. The fourth-order valence-electron chi connectivity index (χ4n) is 5.34. The molecule has 0 bridgehead atoms. The minimum Gasteiger partial charge on any atom is -0.493 e. The number of likely N-dealkylation sites (tertiary alicyclic amines) is 1. The van der Waals surface area contributed by atoms with Gasteiger partial charge in [0.25, 0.3) is 0 Å². The van der Waals surface area contributed by atoms with Gasteiger partial charge in [0.2, 0.25) is 11.8 Å². The smallest absolute Gasteiger partial charge is 0.303 e. The van der Waals surface area contributed by atoms with Crippen molar-refractivity contribution >= 4 is 29.1 Å². The maximum atomic E-state index is 13.7. The van der Waals surface area contributed by atoms with Crippen molar-refractivity contribution in [2.24, 2.45) is 5.92 Å². The molecule has 11 nitrogen and oxygen atoms in total. The number of nitrogens with zero attached hydrogens (tertiary/aromatic N) is 3. The van der Waals surface area contributed by atoms with Crippen LogP contribution < -0.4 is 10.1 Å². The van der Waals surface area contributed by atoms with Gasteiger partial charge in [-0.1, -0.05) is 31.1 Å². The van der Waals surface area contributed by atoms with Crippen LogP contribution in [0.3, 0.4) is 0 Å². The van der Waals surface area contributed by atoms with Crippen LogP contribution in [0.2, 0.25) is 0 Å². The molecule has 1 saturated heterocycles. The molecule has 0 radical (unpaired) electrons. The van der Waals surface area contributed by atoms with Crippen molar-refractivity contribution in [1.82, 2.24) is 20.4 Å². The Morgan fingerprint density at radius 3 is 2.63 bits per heavy atom. The third-order valence-electron chi connectivity index (χ3n) is 7.57. The zero-order valence-electron chi connectivity index (χ0n) is 25.0. The van der Waals surface area contributed by atoms with Gasteiger partial charge in [0.15, 0.2) is 0 Å². The molecule has 3 heterocycles. The lowest BCUT2D eigenvalue weighted by Gasteiger charge is -2.28. The molecule has 1 fully saturated rings. The number of carboxylic acid groups (broad SMARTS) is 1. The van der Waals surface area contributed by atoms with Crippen LogP contribution >= 0.6 is 11.3 Å². The number of amides is 2. The summed E-state index contributed by atoms with van der Waals surface area (Å²) in [7, 11) is 0. The summed E-state index contributed by atoms with van der Waals surface area (Å²) in [5, 5.41) is 26.2. The summed E-state index contributed by atoms with van der Waals surface area (Å²) in [6.07, 6.45) is 1.46. The summed E-state index contributed by atoms with van der Waals surface area (Å²) < 4.78 is 11.5. The van der Waals surface area contributed by atoms with Crippen molar-refractivity contribution in [2.75, 3.05) is 13.2 Å². The number of β-amino-alcohol motifs (C(OH)–C–C–N with tert-alkyl or cyclic N) is 1. The maximum absolute atomic E-state index is 13.7. The topological polar surface area (TPSA) is 155 Å². The average Bonchev–Trinajstić information content (AvgIpc) is 3.69. The van der Waals surface area contributed by atoms with Crippen molar-refractivity contribution in [3.8, 4) is 16.2 Å². The molecule has 0 aliphatic carbocycles. The summed E-state index contributed by atoms with van der Waals surface area (Å²) in [5.74, 6) is -1.12. The van der Waals surface area contributed by atoms with E-state index in [0.29, 0.717) is 36.7 Å². The monoisotopic (exact) mass is 612 g/mol. The minimum absolute atomic E-state index is 0.0619. The van der Waals surface area contributed by atoms with E-state index in [4.69, 9.17) is 14.4 Å². The molecule has 232 valence electrons. The lowest BCUT2D eigenvalue weighted by molar-refractivity contribution is -0.141. The number of aryl methyl sites for hydroxylation is 2. The van der Waals surface area contributed by atoms with Crippen LogP contribution in [0.25, 0.3) is 10.4 Å². The Kier molecular flexibility index (Phi) is 10.9. The van der Waals surface area contributed by atoms with E-state index >= 15 is 0 Å². The van der Waals surface area contributed by atoms with Crippen LogP contribution in [0.5, 0.6) is 5.75 Å². The quantitative estimate of drug-likeness (QED) is 0.224. The SMILES string of the molecule is Cc1cc(C(C(=O)N2C[C@H](O)C[C@H]2C(=O)NCc2ccc(-c3scnc3C)cc2OCCCCCC(=O)O)C(C)C)on1. The third-order valence-corrected chi connectivity index (χ3v) is 8.55. The van der Waals surface area contributed by atoms with Crippen LogP contribution in [0.15, 0.2) is 34.3 Å². The Morgan fingerprint density at radius 2 is 1.98 bits per heavy atom. The molecule has 1 aromatic carbocycles. The number of aliphatic hydroxyl groups excluding tert-OH is 1. The van der Waals surface area contributed by atoms with E-state index in [9.17, 15) is 19.5 Å². The van der Waals surface area contributed by atoms with E-state index in [1.165, 1.54) is 16.2 Å². The highest BCUT2D eigenvalue weighted by Gasteiger charge is 2.43.